The molecule has 25 heavy (non-hydrogen) atoms. The number of nitrogens with one attached hydrogen (secondary N) is 1. The van der Waals surface area contributed by atoms with Crippen LogP contribution in [0.1, 0.15) is 25.7 Å². The minimum atomic E-state index is 0. The highest BCUT2D eigenvalue weighted by Crippen LogP contribution is 2.28. The fourth-order valence-corrected chi connectivity index (χ4v) is 2.93. The molecule has 2 aromatic rings. The normalized spacial score (nSPS) is 18.6. The number of benzene rings is 1. The van der Waals surface area contributed by atoms with E-state index >= 15 is 0 Å². The third kappa shape index (κ3) is 6.20. The van der Waals surface area contributed by atoms with Crippen LogP contribution in [-0.4, -0.2) is 16.9 Å². The molecule has 1 fully saturated rings. The maximum Gasteiger partial charge on any atom is 0.224 e. The van der Waals surface area contributed by atoms with Crippen LogP contribution in [0.15, 0.2) is 48.7 Å². The molecule has 1 aliphatic rings. The summed E-state index contributed by atoms with van der Waals surface area (Å²) in [5.41, 5.74) is 6.74. The molecule has 7 heteroatoms. The van der Waals surface area contributed by atoms with Crippen LogP contribution >= 0.6 is 24.8 Å². The van der Waals surface area contributed by atoms with Gasteiger partial charge in [-0.05, 0) is 37.0 Å². The van der Waals surface area contributed by atoms with Gasteiger partial charge in [-0.25, -0.2) is 4.98 Å². The van der Waals surface area contributed by atoms with Crippen molar-refractivity contribution in [3.63, 3.8) is 0 Å². The average Bonchev–Trinajstić information content (AvgIpc) is 2.93. The zero-order valence-corrected chi connectivity index (χ0v) is 15.4. The van der Waals surface area contributed by atoms with Crippen LogP contribution < -0.4 is 15.8 Å². The van der Waals surface area contributed by atoms with Gasteiger partial charge in [-0.1, -0.05) is 18.6 Å². The maximum absolute atomic E-state index is 12.2. The van der Waals surface area contributed by atoms with Crippen molar-refractivity contribution in [2.75, 3.05) is 5.32 Å². The lowest BCUT2D eigenvalue weighted by Crippen LogP contribution is -2.28. The molecule has 3 rings (SSSR count). The molecule has 0 radical (unpaired) electrons. The van der Waals surface area contributed by atoms with Crippen molar-refractivity contribution >= 4 is 36.4 Å². The third-order valence-electron chi connectivity index (χ3n) is 4.14. The van der Waals surface area contributed by atoms with Gasteiger partial charge in [0.15, 0.2) is 0 Å². The second-order valence-corrected chi connectivity index (χ2v) is 5.91. The quantitative estimate of drug-likeness (QED) is 0.811. The zero-order valence-electron chi connectivity index (χ0n) is 13.8. The summed E-state index contributed by atoms with van der Waals surface area (Å²) in [5.74, 6) is 1.46. The van der Waals surface area contributed by atoms with E-state index in [4.69, 9.17) is 10.5 Å². The number of carbonyl (C=O) groups is 1. The number of nitrogens with zero attached hydrogens (tertiary/aromatic N) is 1. The topological polar surface area (TPSA) is 77.2 Å². The Hall–Kier alpha value is -1.82. The number of hydrogen-bond acceptors (Lipinski definition) is 4. The number of hydrogen-bond donors (Lipinski definition) is 2. The van der Waals surface area contributed by atoms with Gasteiger partial charge in [0.1, 0.15) is 5.75 Å². The lowest BCUT2D eigenvalue weighted by atomic mass is 10.00. The molecule has 1 amide bonds. The summed E-state index contributed by atoms with van der Waals surface area (Å²) < 4.78 is 5.67. The lowest BCUT2D eigenvalue weighted by Gasteiger charge is -2.15. The lowest BCUT2D eigenvalue weighted by molar-refractivity contribution is -0.117. The van der Waals surface area contributed by atoms with Crippen molar-refractivity contribution in [1.29, 1.82) is 0 Å². The Morgan fingerprint density at radius 2 is 2.04 bits per heavy atom. The molecule has 0 spiro atoms. The maximum atomic E-state index is 12.2. The van der Waals surface area contributed by atoms with Crippen LogP contribution in [0.3, 0.4) is 0 Å². The van der Waals surface area contributed by atoms with Gasteiger partial charge in [0.05, 0.1) is 0 Å². The minimum Gasteiger partial charge on any atom is -0.439 e. The Morgan fingerprint density at radius 1 is 1.20 bits per heavy atom. The largest absolute Gasteiger partial charge is 0.439 e. The van der Waals surface area contributed by atoms with E-state index < -0.39 is 0 Å². The first kappa shape index (κ1) is 21.2. The second kappa shape index (κ2) is 10.2. The summed E-state index contributed by atoms with van der Waals surface area (Å²) in [4.78, 5) is 16.3. The molecule has 136 valence electrons. The van der Waals surface area contributed by atoms with Crippen molar-refractivity contribution in [3.8, 4) is 11.6 Å². The predicted molar refractivity (Wildman–Crippen MR) is 104 cm³/mol. The number of ether oxygens (including phenoxy) is 1. The van der Waals surface area contributed by atoms with Gasteiger partial charge in [-0.15, -0.1) is 24.8 Å². The number of halogens is 2. The predicted octanol–water partition coefficient (Wildman–Crippen LogP) is 4.17. The summed E-state index contributed by atoms with van der Waals surface area (Å²) >= 11 is 0. The molecule has 0 bridgehead atoms. The van der Waals surface area contributed by atoms with Gasteiger partial charge in [0.25, 0.3) is 0 Å². The number of carbonyl (C=O) groups excluding carboxylic acids is 1. The molecule has 2 atom stereocenters. The molecular weight excluding hydrogens is 361 g/mol. The Kier molecular flexibility index (Phi) is 8.69. The van der Waals surface area contributed by atoms with Crippen LogP contribution in [0.25, 0.3) is 0 Å². The fraction of sp³-hybridized carbons (Fsp3) is 0.333. The standard InChI is InChI=1S/C18H21N3O2.2ClH/c19-16-8-3-5-13(16)11-17(22)21-14-6-4-7-15(12-14)23-18-9-1-2-10-20-18;;/h1-2,4,6-7,9-10,12-13,16H,3,5,8,11,19H2,(H,21,22);2*1H/t13-,16+;;/m0../s1. The molecule has 0 saturated heterocycles. The smallest absolute Gasteiger partial charge is 0.224 e. The van der Waals surface area contributed by atoms with Crippen molar-refractivity contribution in [3.05, 3.63) is 48.7 Å². The van der Waals surface area contributed by atoms with E-state index in [2.05, 4.69) is 10.3 Å². The van der Waals surface area contributed by atoms with Gasteiger partial charge in [-0.2, -0.15) is 0 Å². The number of anilines is 1. The Morgan fingerprint density at radius 3 is 2.72 bits per heavy atom. The van der Waals surface area contributed by atoms with Gasteiger partial charge >= 0.3 is 0 Å². The number of amides is 1. The number of nitrogens with two attached hydrogens (primary N) is 1. The van der Waals surface area contributed by atoms with E-state index in [0.29, 0.717) is 24.0 Å². The summed E-state index contributed by atoms with van der Waals surface area (Å²) in [5, 5.41) is 2.92. The molecule has 5 nitrogen and oxygen atoms in total. The Labute approximate surface area is 160 Å². The summed E-state index contributed by atoms with van der Waals surface area (Å²) in [6.07, 6.45) is 5.33. The molecule has 1 aliphatic carbocycles. The van der Waals surface area contributed by atoms with Crippen molar-refractivity contribution in [2.24, 2.45) is 11.7 Å². The van der Waals surface area contributed by atoms with E-state index in [1.165, 1.54) is 0 Å². The van der Waals surface area contributed by atoms with Crippen LogP contribution in [0.4, 0.5) is 5.69 Å². The third-order valence-corrected chi connectivity index (χ3v) is 4.14. The molecular formula is C18H23Cl2N3O2. The van der Waals surface area contributed by atoms with Gasteiger partial charge in [0.2, 0.25) is 11.8 Å². The molecule has 1 saturated carbocycles. The van der Waals surface area contributed by atoms with Gasteiger partial charge in [0, 0.05) is 36.5 Å². The molecule has 0 aliphatic heterocycles. The van der Waals surface area contributed by atoms with Crippen LogP contribution in [0.2, 0.25) is 0 Å². The number of aromatic nitrogens is 1. The highest BCUT2D eigenvalue weighted by molar-refractivity contribution is 5.91. The highest BCUT2D eigenvalue weighted by Gasteiger charge is 2.26. The van der Waals surface area contributed by atoms with Crippen molar-refractivity contribution in [1.82, 2.24) is 4.98 Å². The SMILES string of the molecule is Cl.Cl.N[C@@H]1CCC[C@H]1CC(=O)Nc1cccc(Oc2ccccn2)c1. The molecule has 1 aromatic carbocycles. The van der Waals surface area contributed by atoms with E-state index in [1.54, 1.807) is 18.3 Å². The Bertz CT molecular complexity index is 670. The van der Waals surface area contributed by atoms with Crippen molar-refractivity contribution < 1.29 is 9.53 Å². The summed E-state index contributed by atoms with van der Waals surface area (Å²) in [6, 6.07) is 12.9. The minimum absolute atomic E-state index is 0. The zero-order chi connectivity index (χ0) is 16.1. The molecule has 1 aromatic heterocycles. The first-order valence-electron chi connectivity index (χ1n) is 7.95. The van der Waals surface area contributed by atoms with E-state index in [-0.39, 0.29) is 36.8 Å². The monoisotopic (exact) mass is 383 g/mol. The van der Waals surface area contributed by atoms with Crippen LogP contribution in [-0.2, 0) is 4.79 Å². The van der Waals surface area contributed by atoms with Crippen LogP contribution in [0.5, 0.6) is 11.6 Å². The summed E-state index contributed by atoms with van der Waals surface area (Å²) in [7, 11) is 0. The number of pyridine rings is 1. The second-order valence-electron chi connectivity index (χ2n) is 5.91. The molecule has 0 unspecified atom stereocenters. The first-order valence-corrected chi connectivity index (χ1v) is 7.95. The van der Waals surface area contributed by atoms with Crippen LogP contribution in [0, 0.1) is 5.92 Å². The van der Waals surface area contributed by atoms with Gasteiger partial charge < -0.3 is 15.8 Å². The van der Waals surface area contributed by atoms with E-state index in [0.717, 1.165) is 24.9 Å². The van der Waals surface area contributed by atoms with E-state index in [9.17, 15) is 4.79 Å². The van der Waals surface area contributed by atoms with Crippen molar-refractivity contribution in [2.45, 2.75) is 31.7 Å². The van der Waals surface area contributed by atoms with E-state index in [1.807, 2.05) is 30.3 Å². The Balaban J connectivity index is 0.00000156. The van der Waals surface area contributed by atoms with Gasteiger partial charge in [-0.3, -0.25) is 4.79 Å². The summed E-state index contributed by atoms with van der Waals surface area (Å²) in [6.45, 7) is 0. The molecule has 3 N–H and O–H groups in total. The highest BCUT2D eigenvalue weighted by atomic mass is 35.5. The number of rotatable bonds is 5. The average molecular weight is 384 g/mol. The first-order chi connectivity index (χ1) is 11.2. The molecule has 1 heterocycles. The fourth-order valence-electron chi connectivity index (χ4n) is 2.93.